The van der Waals surface area contributed by atoms with Gasteiger partial charge in [0.05, 0.1) is 11.9 Å². The Morgan fingerprint density at radius 3 is 2.33 bits per heavy atom. The number of pyridine rings is 1. The number of carbonyl (C=O) groups excluding carboxylic acids is 1. The number of rotatable bonds is 4. The summed E-state index contributed by atoms with van der Waals surface area (Å²) in [5, 5.41) is 6.07. The zero-order valence-electron chi connectivity index (χ0n) is 13.1. The summed E-state index contributed by atoms with van der Waals surface area (Å²) in [5.41, 5.74) is 3.41. The van der Waals surface area contributed by atoms with Gasteiger partial charge in [-0.1, -0.05) is 34.1 Å². The predicted octanol–water partition coefficient (Wildman–Crippen LogP) is 5.15. The zero-order valence-corrected chi connectivity index (χ0v) is 14.7. The molecule has 0 aliphatic rings. The van der Waals surface area contributed by atoms with Crippen LogP contribution in [0.15, 0.2) is 71.3 Å². The summed E-state index contributed by atoms with van der Waals surface area (Å²) in [7, 11) is 0. The van der Waals surface area contributed by atoms with Crippen LogP contribution in [0.2, 0.25) is 0 Å². The van der Waals surface area contributed by atoms with Crippen LogP contribution in [0.5, 0.6) is 0 Å². The number of aryl methyl sites for hydroxylation is 1. The summed E-state index contributed by atoms with van der Waals surface area (Å²) in [5.74, 6) is 0.360. The number of nitrogens with zero attached hydrogens (tertiary/aromatic N) is 1. The van der Waals surface area contributed by atoms with E-state index in [4.69, 9.17) is 0 Å². The third kappa shape index (κ3) is 4.00. The Labute approximate surface area is 149 Å². The van der Waals surface area contributed by atoms with Crippen molar-refractivity contribution in [2.24, 2.45) is 0 Å². The van der Waals surface area contributed by atoms with Crippen molar-refractivity contribution in [3.05, 3.63) is 82.5 Å². The third-order valence-corrected chi connectivity index (χ3v) is 4.06. The molecular formula is C19H16BrN3O. The van der Waals surface area contributed by atoms with Crippen molar-refractivity contribution >= 4 is 39.0 Å². The van der Waals surface area contributed by atoms with Crippen molar-refractivity contribution in [3.8, 4) is 0 Å². The van der Waals surface area contributed by atoms with E-state index >= 15 is 0 Å². The fraction of sp³-hybridized carbons (Fsp3) is 0.0526. The molecule has 0 saturated carbocycles. The lowest BCUT2D eigenvalue weighted by molar-refractivity contribution is 0.102. The fourth-order valence-corrected chi connectivity index (χ4v) is 2.52. The highest BCUT2D eigenvalue weighted by Gasteiger charge is 2.09. The fourth-order valence-electron chi connectivity index (χ4n) is 2.25. The highest BCUT2D eigenvalue weighted by Crippen LogP contribution is 2.20. The number of hydrogen-bond donors (Lipinski definition) is 2. The van der Waals surface area contributed by atoms with Gasteiger partial charge in [0.1, 0.15) is 5.82 Å². The molecule has 2 N–H and O–H groups in total. The first-order valence-corrected chi connectivity index (χ1v) is 8.27. The first kappa shape index (κ1) is 16.2. The number of amides is 1. The molecular weight excluding hydrogens is 366 g/mol. The summed E-state index contributed by atoms with van der Waals surface area (Å²) in [4.78, 5) is 16.6. The van der Waals surface area contributed by atoms with Crippen LogP contribution in [0.4, 0.5) is 17.2 Å². The molecule has 0 unspecified atom stereocenters. The molecule has 4 nitrogen and oxygen atoms in total. The topological polar surface area (TPSA) is 54.0 Å². The van der Waals surface area contributed by atoms with Crippen LogP contribution in [0.25, 0.3) is 0 Å². The molecule has 0 atom stereocenters. The number of aromatic nitrogens is 1. The number of carbonyl (C=O) groups is 1. The molecule has 2 aromatic carbocycles. The standard InChI is InChI=1S/C19H16BrN3O/c1-13-4-2-3-5-17(13)19(24)23-18-11-10-16(12-21-18)22-15-8-6-14(20)7-9-15/h2-12,22H,1H3,(H,21,23,24). The van der Waals surface area contributed by atoms with Gasteiger partial charge in [-0.15, -0.1) is 0 Å². The molecule has 24 heavy (non-hydrogen) atoms. The van der Waals surface area contributed by atoms with Crippen molar-refractivity contribution in [3.63, 3.8) is 0 Å². The zero-order chi connectivity index (χ0) is 16.9. The van der Waals surface area contributed by atoms with E-state index in [2.05, 4.69) is 31.5 Å². The van der Waals surface area contributed by atoms with Gasteiger partial charge in [0.15, 0.2) is 0 Å². The van der Waals surface area contributed by atoms with Crippen molar-refractivity contribution in [1.82, 2.24) is 4.98 Å². The first-order valence-electron chi connectivity index (χ1n) is 7.47. The number of halogens is 1. The smallest absolute Gasteiger partial charge is 0.257 e. The number of benzene rings is 2. The molecule has 0 aliphatic carbocycles. The molecule has 1 aromatic heterocycles. The summed E-state index contributed by atoms with van der Waals surface area (Å²) in [6, 6.07) is 19.0. The lowest BCUT2D eigenvalue weighted by atomic mass is 10.1. The molecule has 1 heterocycles. The summed E-state index contributed by atoms with van der Waals surface area (Å²) in [6.45, 7) is 1.91. The van der Waals surface area contributed by atoms with Crippen molar-refractivity contribution in [2.75, 3.05) is 10.6 Å². The van der Waals surface area contributed by atoms with Crippen molar-refractivity contribution < 1.29 is 4.79 Å². The molecule has 0 radical (unpaired) electrons. The van der Waals surface area contributed by atoms with E-state index in [0.29, 0.717) is 11.4 Å². The normalized spacial score (nSPS) is 10.2. The Morgan fingerprint density at radius 2 is 1.67 bits per heavy atom. The molecule has 5 heteroatoms. The van der Waals surface area contributed by atoms with E-state index in [9.17, 15) is 4.79 Å². The molecule has 0 fully saturated rings. The molecule has 3 rings (SSSR count). The average molecular weight is 382 g/mol. The molecule has 0 bridgehead atoms. The minimum absolute atomic E-state index is 0.158. The van der Waals surface area contributed by atoms with E-state index in [1.165, 1.54) is 0 Å². The van der Waals surface area contributed by atoms with E-state index in [0.717, 1.165) is 21.4 Å². The van der Waals surface area contributed by atoms with Crippen LogP contribution in [-0.4, -0.2) is 10.9 Å². The maximum Gasteiger partial charge on any atom is 0.257 e. The Kier molecular flexibility index (Phi) is 4.91. The number of hydrogen-bond acceptors (Lipinski definition) is 3. The Balaban J connectivity index is 1.67. The van der Waals surface area contributed by atoms with Gasteiger partial charge in [0.2, 0.25) is 0 Å². The summed E-state index contributed by atoms with van der Waals surface area (Å²) < 4.78 is 1.03. The molecule has 3 aromatic rings. The van der Waals surface area contributed by atoms with E-state index in [1.54, 1.807) is 18.3 Å². The summed E-state index contributed by atoms with van der Waals surface area (Å²) >= 11 is 3.41. The van der Waals surface area contributed by atoms with Gasteiger partial charge in [-0.05, 0) is 55.0 Å². The van der Waals surface area contributed by atoms with Gasteiger partial charge < -0.3 is 10.6 Å². The maximum atomic E-state index is 12.3. The Hall–Kier alpha value is -2.66. The number of nitrogens with one attached hydrogen (secondary N) is 2. The van der Waals surface area contributed by atoms with E-state index < -0.39 is 0 Å². The second-order valence-corrected chi connectivity index (χ2v) is 6.25. The van der Waals surface area contributed by atoms with Gasteiger partial charge in [0.25, 0.3) is 5.91 Å². The van der Waals surface area contributed by atoms with Crippen molar-refractivity contribution in [2.45, 2.75) is 6.92 Å². The van der Waals surface area contributed by atoms with Crippen LogP contribution < -0.4 is 10.6 Å². The summed E-state index contributed by atoms with van der Waals surface area (Å²) in [6.07, 6.45) is 1.69. The van der Waals surface area contributed by atoms with Gasteiger partial charge >= 0.3 is 0 Å². The second-order valence-electron chi connectivity index (χ2n) is 5.33. The minimum atomic E-state index is -0.158. The van der Waals surface area contributed by atoms with Gasteiger partial charge in [-0.2, -0.15) is 0 Å². The largest absolute Gasteiger partial charge is 0.354 e. The molecule has 0 aliphatic heterocycles. The van der Waals surface area contributed by atoms with Gasteiger partial charge in [0, 0.05) is 15.7 Å². The average Bonchev–Trinajstić information content (AvgIpc) is 2.59. The van der Waals surface area contributed by atoms with Crippen molar-refractivity contribution in [1.29, 1.82) is 0 Å². The second kappa shape index (κ2) is 7.27. The minimum Gasteiger partial charge on any atom is -0.354 e. The molecule has 120 valence electrons. The lowest BCUT2D eigenvalue weighted by Crippen LogP contribution is -2.14. The lowest BCUT2D eigenvalue weighted by Gasteiger charge is -2.09. The van der Waals surface area contributed by atoms with E-state index in [1.807, 2.05) is 55.5 Å². The third-order valence-electron chi connectivity index (χ3n) is 3.53. The highest BCUT2D eigenvalue weighted by molar-refractivity contribution is 9.10. The van der Waals surface area contributed by atoms with Crippen LogP contribution in [-0.2, 0) is 0 Å². The first-order chi connectivity index (χ1) is 11.6. The molecule has 0 saturated heterocycles. The maximum absolute atomic E-state index is 12.3. The Bertz CT molecular complexity index is 845. The highest BCUT2D eigenvalue weighted by atomic mass is 79.9. The van der Waals surface area contributed by atoms with Crippen LogP contribution in [0, 0.1) is 6.92 Å². The predicted molar refractivity (Wildman–Crippen MR) is 101 cm³/mol. The van der Waals surface area contributed by atoms with Gasteiger partial charge in [-0.3, -0.25) is 4.79 Å². The molecule has 1 amide bonds. The SMILES string of the molecule is Cc1ccccc1C(=O)Nc1ccc(Nc2ccc(Br)cc2)cn1. The van der Waals surface area contributed by atoms with E-state index in [-0.39, 0.29) is 5.91 Å². The van der Waals surface area contributed by atoms with Crippen LogP contribution in [0.1, 0.15) is 15.9 Å². The van der Waals surface area contributed by atoms with Crippen LogP contribution in [0.3, 0.4) is 0 Å². The molecule has 0 spiro atoms. The van der Waals surface area contributed by atoms with Gasteiger partial charge in [-0.25, -0.2) is 4.98 Å². The number of anilines is 3. The quantitative estimate of drug-likeness (QED) is 0.656. The Morgan fingerprint density at radius 1 is 0.958 bits per heavy atom. The monoisotopic (exact) mass is 381 g/mol. The van der Waals surface area contributed by atoms with Crippen LogP contribution >= 0.6 is 15.9 Å².